The zero-order valence-electron chi connectivity index (χ0n) is 20.6. The zero-order chi connectivity index (χ0) is 28.1. The molecule has 0 saturated carbocycles. The van der Waals surface area contributed by atoms with Crippen LogP contribution in [0, 0.1) is 0 Å². The number of nitrogens with two attached hydrogens (primary N) is 1. The third kappa shape index (κ3) is 6.68. The standard InChI is InChI=1S/C21H28N7O9P/c1-12(2)35-19(31)13(3)25-38(33,37-14-7-5-4-6-8-14)34-11-21(26-27-23)17(30)16(29)18(36-21)28-10-9-15(22)24-20(28)32/h4-10,12-13,16-18,29-30H,11H2,1-3H3,(H,25,33)(H2,22,24,32)/t13?,16-,17-,18+,21+,38?/m0/s1. The largest absolute Gasteiger partial charge is 0.462 e. The van der Waals surface area contributed by atoms with Crippen molar-refractivity contribution in [2.24, 2.45) is 5.11 Å². The van der Waals surface area contributed by atoms with Crippen molar-refractivity contribution in [1.29, 1.82) is 0 Å². The second kappa shape index (κ2) is 11.9. The second-order valence-corrected chi connectivity index (χ2v) is 10.2. The van der Waals surface area contributed by atoms with Gasteiger partial charge in [0.05, 0.1) is 12.7 Å². The first kappa shape index (κ1) is 29.1. The van der Waals surface area contributed by atoms with Gasteiger partial charge in [0.15, 0.2) is 6.23 Å². The van der Waals surface area contributed by atoms with Gasteiger partial charge in [-0.15, -0.1) is 0 Å². The maximum Gasteiger partial charge on any atom is 0.459 e. The molecule has 206 valence electrons. The van der Waals surface area contributed by atoms with E-state index in [1.54, 1.807) is 32.0 Å². The molecular formula is C21H28N7O9P. The number of anilines is 1. The van der Waals surface area contributed by atoms with Gasteiger partial charge in [0, 0.05) is 11.1 Å². The number of nitrogen functional groups attached to an aromatic ring is 1. The number of carbonyl (C=O) groups excluding carboxylic acids is 1. The Hall–Kier alpha value is -3.49. The predicted molar refractivity (Wildman–Crippen MR) is 131 cm³/mol. The van der Waals surface area contributed by atoms with Crippen LogP contribution in [0.25, 0.3) is 10.4 Å². The van der Waals surface area contributed by atoms with E-state index in [1.165, 1.54) is 25.1 Å². The summed E-state index contributed by atoms with van der Waals surface area (Å²) in [6, 6.07) is 7.88. The van der Waals surface area contributed by atoms with Crippen LogP contribution >= 0.6 is 7.75 Å². The molecule has 2 heterocycles. The highest BCUT2D eigenvalue weighted by molar-refractivity contribution is 7.52. The summed E-state index contributed by atoms with van der Waals surface area (Å²) in [6.45, 7) is 3.69. The summed E-state index contributed by atoms with van der Waals surface area (Å²) in [5, 5.41) is 27.3. The molecule has 2 unspecified atom stereocenters. The number of hydrogen-bond acceptors (Lipinski definition) is 12. The fourth-order valence-corrected chi connectivity index (χ4v) is 4.94. The number of benzene rings is 1. The average Bonchev–Trinajstić information content (AvgIpc) is 3.09. The van der Waals surface area contributed by atoms with Crippen molar-refractivity contribution in [2.45, 2.75) is 57.1 Å². The summed E-state index contributed by atoms with van der Waals surface area (Å²) in [4.78, 5) is 30.8. The van der Waals surface area contributed by atoms with Crippen LogP contribution in [0.3, 0.4) is 0 Å². The minimum atomic E-state index is -4.47. The van der Waals surface area contributed by atoms with E-state index in [4.69, 9.17) is 29.8 Å². The Kier molecular flexibility index (Phi) is 9.12. The summed E-state index contributed by atoms with van der Waals surface area (Å²) in [7, 11) is -4.47. The Balaban J connectivity index is 1.90. The van der Waals surface area contributed by atoms with Crippen molar-refractivity contribution in [1.82, 2.24) is 14.6 Å². The Bertz CT molecular complexity index is 1290. The summed E-state index contributed by atoms with van der Waals surface area (Å²) >= 11 is 0. The number of rotatable bonds is 11. The summed E-state index contributed by atoms with van der Waals surface area (Å²) in [5.41, 5.74) is 11.4. The van der Waals surface area contributed by atoms with E-state index in [2.05, 4.69) is 20.1 Å². The Morgan fingerprint density at radius 2 is 2.03 bits per heavy atom. The van der Waals surface area contributed by atoms with Crippen LogP contribution in [0.2, 0.25) is 0 Å². The first-order chi connectivity index (χ1) is 17.9. The number of nitrogens with one attached hydrogen (secondary N) is 1. The molecular weight excluding hydrogens is 525 g/mol. The van der Waals surface area contributed by atoms with Crippen LogP contribution in [0.4, 0.5) is 5.82 Å². The van der Waals surface area contributed by atoms with Crippen LogP contribution in [0.5, 0.6) is 5.75 Å². The molecule has 1 aliphatic rings. The second-order valence-electron chi connectivity index (χ2n) is 8.53. The van der Waals surface area contributed by atoms with Crippen molar-refractivity contribution in [3.63, 3.8) is 0 Å². The van der Waals surface area contributed by atoms with E-state index in [0.717, 1.165) is 10.8 Å². The molecule has 1 fully saturated rings. The molecule has 3 rings (SSSR count). The van der Waals surface area contributed by atoms with Crippen molar-refractivity contribution < 1.29 is 38.1 Å². The van der Waals surface area contributed by atoms with Crippen LogP contribution in [0.15, 0.2) is 52.5 Å². The van der Waals surface area contributed by atoms with E-state index in [0.29, 0.717) is 0 Å². The van der Waals surface area contributed by atoms with E-state index in [1.807, 2.05) is 0 Å². The molecule has 17 heteroatoms. The van der Waals surface area contributed by atoms with Gasteiger partial charge >= 0.3 is 19.4 Å². The minimum Gasteiger partial charge on any atom is -0.462 e. The lowest BCUT2D eigenvalue weighted by Gasteiger charge is -2.29. The fraction of sp³-hybridized carbons (Fsp3) is 0.476. The monoisotopic (exact) mass is 553 g/mol. The van der Waals surface area contributed by atoms with Gasteiger partial charge in [-0.1, -0.05) is 23.3 Å². The van der Waals surface area contributed by atoms with Gasteiger partial charge in [0.2, 0.25) is 5.72 Å². The van der Waals surface area contributed by atoms with Gasteiger partial charge in [0.1, 0.15) is 29.8 Å². The van der Waals surface area contributed by atoms with E-state index >= 15 is 0 Å². The average molecular weight is 553 g/mol. The molecule has 0 bridgehead atoms. The number of nitrogens with zero attached hydrogens (tertiary/aromatic N) is 5. The Morgan fingerprint density at radius 3 is 2.63 bits per heavy atom. The number of hydrogen-bond donors (Lipinski definition) is 4. The zero-order valence-corrected chi connectivity index (χ0v) is 21.5. The van der Waals surface area contributed by atoms with Gasteiger partial charge in [-0.05, 0) is 44.5 Å². The minimum absolute atomic E-state index is 0.0934. The van der Waals surface area contributed by atoms with Crippen LogP contribution in [0.1, 0.15) is 27.0 Å². The molecule has 0 radical (unpaired) electrons. The fourth-order valence-electron chi connectivity index (χ4n) is 3.43. The molecule has 1 saturated heterocycles. The number of aromatic nitrogens is 2. The molecule has 16 nitrogen and oxygen atoms in total. The van der Waals surface area contributed by atoms with E-state index in [9.17, 15) is 24.4 Å². The lowest BCUT2D eigenvalue weighted by molar-refractivity contribution is -0.149. The highest BCUT2D eigenvalue weighted by atomic mass is 31.2. The number of esters is 1. The normalized spacial score (nSPS) is 25.3. The van der Waals surface area contributed by atoms with Crippen LogP contribution < -0.4 is 21.0 Å². The van der Waals surface area contributed by atoms with Gasteiger partial charge < -0.3 is 29.9 Å². The highest BCUT2D eigenvalue weighted by Crippen LogP contribution is 2.48. The number of aliphatic hydroxyl groups is 2. The number of para-hydroxylation sites is 1. The summed E-state index contributed by atoms with van der Waals surface area (Å²) in [5.74, 6) is -0.761. The Morgan fingerprint density at radius 1 is 1.34 bits per heavy atom. The molecule has 0 spiro atoms. The third-order valence-corrected chi connectivity index (χ3v) is 6.83. The van der Waals surface area contributed by atoms with Gasteiger partial charge in [0.25, 0.3) is 0 Å². The maximum absolute atomic E-state index is 13.7. The third-order valence-electron chi connectivity index (χ3n) is 5.21. The molecule has 1 aromatic carbocycles. The highest BCUT2D eigenvalue weighted by Gasteiger charge is 2.56. The molecule has 6 atom stereocenters. The van der Waals surface area contributed by atoms with Gasteiger partial charge in [-0.3, -0.25) is 13.9 Å². The van der Waals surface area contributed by atoms with Crippen molar-refractivity contribution in [3.05, 3.63) is 63.5 Å². The molecule has 38 heavy (non-hydrogen) atoms. The van der Waals surface area contributed by atoms with Crippen molar-refractivity contribution in [2.75, 3.05) is 12.3 Å². The smallest absolute Gasteiger partial charge is 0.459 e. The number of aliphatic hydroxyl groups excluding tert-OH is 2. The van der Waals surface area contributed by atoms with Crippen molar-refractivity contribution >= 4 is 19.5 Å². The number of ether oxygens (including phenoxy) is 2. The maximum atomic E-state index is 13.7. The molecule has 0 amide bonds. The Labute approximate surface area is 216 Å². The van der Waals surface area contributed by atoms with Crippen molar-refractivity contribution in [3.8, 4) is 5.75 Å². The molecule has 1 aliphatic heterocycles. The number of azide groups is 1. The SMILES string of the molecule is CC(C)OC(=O)C(C)NP(=O)(OC[C@@]1(N=[N+]=[N-])O[C@@H](n2ccc(N)nc2=O)[C@@H](O)[C@@H]1O)Oc1ccccc1. The first-order valence-electron chi connectivity index (χ1n) is 11.3. The molecule has 5 N–H and O–H groups in total. The lowest BCUT2D eigenvalue weighted by atomic mass is 10.1. The molecule has 1 aromatic heterocycles. The lowest BCUT2D eigenvalue weighted by Crippen LogP contribution is -2.45. The molecule has 0 aliphatic carbocycles. The first-order valence-corrected chi connectivity index (χ1v) is 12.9. The predicted octanol–water partition coefficient (Wildman–Crippen LogP) is 1.22. The quantitative estimate of drug-likeness (QED) is 0.101. The number of carbonyl (C=O) groups is 1. The molecule has 2 aromatic rings. The van der Waals surface area contributed by atoms with Gasteiger partial charge in [-0.2, -0.15) is 10.1 Å². The van der Waals surface area contributed by atoms with Crippen LogP contribution in [-0.4, -0.2) is 62.4 Å². The van der Waals surface area contributed by atoms with E-state index in [-0.39, 0.29) is 11.6 Å². The van der Waals surface area contributed by atoms with E-state index < -0.39 is 62.3 Å². The topological polar surface area (TPSA) is 233 Å². The summed E-state index contributed by atoms with van der Waals surface area (Å²) in [6.07, 6.45) is -4.65. The summed E-state index contributed by atoms with van der Waals surface area (Å²) < 4.78 is 36.3. The van der Waals surface area contributed by atoms with Crippen LogP contribution in [-0.2, 0) is 23.4 Å². The van der Waals surface area contributed by atoms with Gasteiger partial charge in [-0.25, -0.2) is 9.36 Å².